The van der Waals surface area contributed by atoms with Gasteiger partial charge in [0.2, 0.25) is 0 Å². The molecule has 3 rings (SSSR count). The largest absolute Gasteiger partial charge is 0.497 e. The van der Waals surface area contributed by atoms with Crippen molar-refractivity contribution in [3.8, 4) is 17.1 Å². The topological polar surface area (TPSA) is 57.0 Å². The Morgan fingerprint density at radius 1 is 1.17 bits per heavy atom. The number of hydrogen-bond donors (Lipinski definition) is 0. The normalized spacial score (nSPS) is 10.8. The average Bonchev–Trinajstić information content (AvgIpc) is 3.10. The summed E-state index contributed by atoms with van der Waals surface area (Å²) in [6.45, 7) is 12.2. The fourth-order valence-electron chi connectivity index (χ4n) is 3.77. The van der Waals surface area contributed by atoms with Gasteiger partial charge >= 0.3 is 0 Å². The molecule has 156 valence electrons. The molecule has 30 heavy (non-hydrogen) atoms. The molecule has 0 aliphatic rings. The van der Waals surface area contributed by atoms with Crippen LogP contribution in [0.25, 0.3) is 11.4 Å². The van der Waals surface area contributed by atoms with E-state index in [4.69, 9.17) is 4.74 Å². The molecule has 0 saturated carbocycles. The van der Waals surface area contributed by atoms with Gasteiger partial charge < -0.3 is 4.74 Å². The number of benzene rings is 2. The molecule has 1 heterocycles. The third-order valence-electron chi connectivity index (χ3n) is 5.21. The summed E-state index contributed by atoms with van der Waals surface area (Å²) in [7, 11) is 1.65. The highest BCUT2D eigenvalue weighted by molar-refractivity contribution is 7.98. The molecule has 1 aromatic heterocycles. The van der Waals surface area contributed by atoms with Crippen LogP contribution in [0.2, 0.25) is 0 Å². The summed E-state index contributed by atoms with van der Waals surface area (Å²) in [6, 6.07) is 9.88. The van der Waals surface area contributed by atoms with Gasteiger partial charge in [-0.25, -0.2) is 0 Å². The predicted octanol–water partition coefficient (Wildman–Crippen LogP) is 5.56. The zero-order chi connectivity index (χ0) is 21.8. The van der Waals surface area contributed by atoms with Crippen LogP contribution in [0.1, 0.15) is 39.5 Å². The van der Waals surface area contributed by atoms with Crippen molar-refractivity contribution in [2.45, 2.75) is 45.1 Å². The van der Waals surface area contributed by atoms with Gasteiger partial charge in [0.1, 0.15) is 5.75 Å². The lowest BCUT2D eigenvalue weighted by molar-refractivity contribution is 0.101. The van der Waals surface area contributed by atoms with E-state index in [0.29, 0.717) is 6.54 Å². The van der Waals surface area contributed by atoms with Crippen molar-refractivity contribution in [3.63, 3.8) is 0 Å². The van der Waals surface area contributed by atoms with Gasteiger partial charge in [0, 0.05) is 23.4 Å². The highest BCUT2D eigenvalue weighted by Crippen LogP contribution is 2.31. The zero-order valence-corrected chi connectivity index (χ0v) is 19.0. The molecule has 6 heteroatoms. The van der Waals surface area contributed by atoms with Crippen molar-refractivity contribution >= 4 is 17.5 Å². The summed E-state index contributed by atoms with van der Waals surface area (Å²) in [5.41, 5.74) is 6.24. The van der Waals surface area contributed by atoms with Gasteiger partial charge in [-0.05, 0) is 74.2 Å². The number of aryl methyl sites for hydroxylation is 2. The number of carbonyl (C=O) groups excluding carboxylic acids is 1. The second kappa shape index (κ2) is 9.30. The number of hydrogen-bond acceptors (Lipinski definition) is 5. The number of ether oxygens (including phenoxy) is 1. The summed E-state index contributed by atoms with van der Waals surface area (Å²) in [5, 5.41) is 9.68. The first-order valence-corrected chi connectivity index (χ1v) is 10.8. The number of Topliss-reactive ketones (excluding diaryl/α,β-unsaturated/α-hetero) is 1. The highest BCUT2D eigenvalue weighted by atomic mass is 32.2. The van der Waals surface area contributed by atoms with Crippen LogP contribution < -0.4 is 4.74 Å². The van der Waals surface area contributed by atoms with Gasteiger partial charge in [0.05, 0.1) is 7.11 Å². The Balaban J connectivity index is 1.93. The van der Waals surface area contributed by atoms with E-state index in [0.717, 1.165) is 44.7 Å². The lowest BCUT2D eigenvalue weighted by Gasteiger charge is -2.16. The molecule has 5 nitrogen and oxygen atoms in total. The first-order valence-electron chi connectivity index (χ1n) is 9.79. The first-order chi connectivity index (χ1) is 14.4. The fourth-order valence-corrected chi connectivity index (χ4v) is 4.90. The Hall–Kier alpha value is -2.86. The molecule has 0 bridgehead atoms. The molecular formula is C24H27N3O2S. The smallest absolute Gasteiger partial charge is 0.192 e. The maximum absolute atomic E-state index is 12.1. The summed E-state index contributed by atoms with van der Waals surface area (Å²) >= 11 is 1.62. The number of thioether (sulfide) groups is 1. The van der Waals surface area contributed by atoms with Gasteiger partial charge in [0.25, 0.3) is 0 Å². The van der Waals surface area contributed by atoms with Gasteiger partial charge in [-0.2, -0.15) is 0 Å². The third kappa shape index (κ3) is 4.33. The van der Waals surface area contributed by atoms with Gasteiger partial charge in [0.15, 0.2) is 16.8 Å². The average molecular weight is 422 g/mol. The van der Waals surface area contributed by atoms with Crippen LogP contribution in [0.4, 0.5) is 0 Å². The van der Waals surface area contributed by atoms with E-state index in [-0.39, 0.29) is 5.78 Å². The molecule has 0 saturated heterocycles. The summed E-state index contributed by atoms with van der Waals surface area (Å²) in [5.74, 6) is 2.42. The van der Waals surface area contributed by atoms with E-state index < -0.39 is 0 Å². The third-order valence-corrected chi connectivity index (χ3v) is 6.20. The van der Waals surface area contributed by atoms with Crippen molar-refractivity contribution in [1.82, 2.24) is 14.8 Å². The second-order valence-electron chi connectivity index (χ2n) is 7.27. The number of nitrogens with zero attached hydrogens (tertiary/aromatic N) is 3. The number of carbonyl (C=O) groups is 1. The highest BCUT2D eigenvalue weighted by Gasteiger charge is 2.17. The monoisotopic (exact) mass is 421 g/mol. The fraction of sp³-hybridized carbons (Fsp3) is 0.292. The molecule has 0 spiro atoms. The number of methoxy groups -OCH3 is 1. The SMILES string of the molecule is C=CCn1c(SCc2c(C)cc(C)c(C(C)=O)c2C)nnc1-c1ccc(OC)cc1. The second-order valence-corrected chi connectivity index (χ2v) is 8.21. The molecule has 0 unspecified atom stereocenters. The molecule has 0 radical (unpaired) electrons. The van der Waals surface area contributed by atoms with Crippen LogP contribution in [0, 0.1) is 20.8 Å². The van der Waals surface area contributed by atoms with Gasteiger partial charge in [-0.15, -0.1) is 16.8 Å². The van der Waals surface area contributed by atoms with Gasteiger partial charge in [-0.3, -0.25) is 9.36 Å². The van der Waals surface area contributed by atoms with E-state index in [2.05, 4.69) is 34.3 Å². The van der Waals surface area contributed by atoms with E-state index in [1.807, 2.05) is 44.2 Å². The minimum Gasteiger partial charge on any atom is -0.497 e. The minimum absolute atomic E-state index is 0.105. The van der Waals surface area contributed by atoms with Crippen LogP contribution in [0.5, 0.6) is 5.75 Å². The minimum atomic E-state index is 0.105. The molecule has 2 aromatic carbocycles. The van der Waals surface area contributed by atoms with Crippen molar-refractivity contribution in [1.29, 1.82) is 0 Å². The lowest BCUT2D eigenvalue weighted by atomic mass is 9.92. The molecule has 0 fully saturated rings. The van der Waals surface area contributed by atoms with Crippen LogP contribution in [0.3, 0.4) is 0 Å². The van der Waals surface area contributed by atoms with Gasteiger partial charge in [-0.1, -0.05) is 23.9 Å². The Morgan fingerprint density at radius 3 is 2.47 bits per heavy atom. The predicted molar refractivity (Wildman–Crippen MR) is 122 cm³/mol. The van der Waals surface area contributed by atoms with Crippen molar-refractivity contribution < 1.29 is 9.53 Å². The number of aromatic nitrogens is 3. The van der Waals surface area contributed by atoms with E-state index in [1.54, 1.807) is 25.8 Å². The lowest BCUT2D eigenvalue weighted by Crippen LogP contribution is -2.06. The van der Waals surface area contributed by atoms with E-state index in [9.17, 15) is 4.79 Å². The summed E-state index contributed by atoms with van der Waals surface area (Å²) in [6.07, 6.45) is 1.84. The number of rotatable bonds is 8. The Morgan fingerprint density at radius 2 is 1.87 bits per heavy atom. The van der Waals surface area contributed by atoms with Crippen molar-refractivity contribution in [3.05, 3.63) is 70.8 Å². The quantitative estimate of drug-likeness (QED) is 0.271. The first kappa shape index (κ1) is 21.8. The Kier molecular flexibility index (Phi) is 6.77. The zero-order valence-electron chi connectivity index (χ0n) is 18.2. The van der Waals surface area contributed by atoms with Crippen molar-refractivity contribution in [2.75, 3.05) is 7.11 Å². The molecule has 3 aromatic rings. The van der Waals surface area contributed by atoms with Crippen LogP contribution in [-0.4, -0.2) is 27.7 Å². The Labute approximate surface area is 182 Å². The molecule has 0 atom stereocenters. The summed E-state index contributed by atoms with van der Waals surface area (Å²) < 4.78 is 7.31. The standard InChI is InChI=1S/C24H27N3O2S/c1-7-12-27-23(19-8-10-20(29-6)11-9-19)25-26-24(27)30-14-21-15(2)13-16(3)22(17(21)4)18(5)28/h7-11,13H,1,12,14H2,2-6H3. The molecule has 0 N–H and O–H groups in total. The van der Waals surface area contributed by atoms with Crippen molar-refractivity contribution in [2.24, 2.45) is 0 Å². The van der Waals surface area contributed by atoms with Crippen LogP contribution >= 0.6 is 11.8 Å². The summed E-state index contributed by atoms with van der Waals surface area (Å²) in [4.78, 5) is 12.1. The Bertz CT molecular complexity index is 1080. The molecule has 0 aliphatic heterocycles. The maximum atomic E-state index is 12.1. The number of allylic oxidation sites excluding steroid dienone is 1. The molecule has 0 aliphatic carbocycles. The molecular weight excluding hydrogens is 394 g/mol. The van der Waals surface area contributed by atoms with E-state index >= 15 is 0 Å². The van der Waals surface area contributed by atoms with E-state index in [1.165, 1.54) is 11.1 Å². The number of ketones is 1. The maximum Gasteiger partial charge on any atom is 0.192 e. The molecule has 0 amide bonds. The van der Waals surface area contributed by atoms with Crippen LogP contribution in [0.15, 0.2) is 48.1 Å². The van der Waals surface area contributed by atoms with Crippen LogP contribution in [-0.2, 0) is 12.3 Å².